The van der Waals surface area contributed by atoms with Crippen LogP contribution in [0.4, 0.5) is 0 Å². The van der Waals surface area contributed by atoms with Crippen molar-refractivity contribution in [1.29, 1.82) is 0 Å². The first-order chi connectivity index (χ1) is 10.0. The number of piperidine rings is 1. The van der Waals surface area contributed by atoms with Crippen molar-refractivity contribution in [2.24, 2.45) is 0 Å². The molecular weight excluding hydrogens is 340 g/mol. The van der Waals surface area contributed by atoms with E-state index in [4.69, 9.17) is 4.74 Å². The highest BCUT2D eigenvalue weighted by Gasteiger charge is 2.40. The molecule has 1 N–H and O–H groups in total. The van der Waals surface area contributed by atoms with Gasteiger partial charge >= 0.3 is 0 Å². The Kier molecular flexibility index (Phi) is 3.44. The quantitative estimate of drug-likeness (QED) is 0.812. The molecule has 3 amide bonds. The number of rotatable bonds is 2. The van der Waals surface area contributed by atoms with Gasteiger partial charge in [-0.3, -0.25) is 19.7 Å². The van der Waals surface area contributed by atoms with E-state index in [1.807, 2.05) is 0 Å². The Morgan fingerprint density at radius 1 is 1.33 bits per heavy atom. The van der Waals surface area contributed by atoms with Crippen LogP contribution in [0.5, 0.6) is 5.75 Å². The second kappa shape index (κ2) is 5.14. The molecule has 3 rings (SSSR count). The lowest BCUT2D eigenvalue weighted by atomic mass is 10.0. The zero-order valence-electron chi connectivity index (χ0n) is 11.3. The third-order valence-electron chi connectivity index (χ3n) is 3.82. The van der Waals surface area contributed by atoms with Gasteiger partial charge in [-0.15, -0.1) is 0 Å². The number of nitrogens with zero attached hydrogens (tertiary/aromatic N) is 1. The SMILES string of the molecule is COc1c(Br)ccc2c1CN(C1CCC(=O)NC1=O)C2=O. The van der Waals surface area contributed by atoms with E-state index < -0.39 is 11.9 Å². The van der Waals surface area contributed by atoms with E-state index in [-0.39, 0.29) is 18.2 Å². The average molecular weight is 353 g/mol. The molecule has 1 aromatic carbocycles. The zero-order valence-corrected chi connectivity index (χ0v) is 12.9. The van der Waals surface area contributed by atoms with Gasteiger partial charge < -0.3 is 9.64 Å². The van der Waals surface area contributed by atoms with Crippen molar-refractivity contribution in [1.82, 2.24) is 10.2 Å². The van der Waals surface area contributed by atoms with E-state index in [2.05, 4.69) is 21.2 Å². The number of nitrogens with one attached hydrogen (secondary N) is 1. The lowest BCUT2D eigenvalue weighted by molar-refractivity contribution is -0.136. The van der Waals surface area contributed by atoms with Crippen LogP contribution in [0.3, 0.4) is 0 Å². The van der Waals surface area contributed by atoms with Crippen LogP contribution in [0.2, 0.25) is 0 Å². The molecule has 1 saturated heterocycles. The average Bonchev–Trinajstić information content (AvgIpc) is 2.76. The maximum Gasteiger partial charge on any atom is 0.255 e. The third kappa shape index (κ3) is 2.21. The Morgan fingerprint density at radius 2 is 2.10 bits per heavy atom. The number of hydrogen-bond acceptors (Lipinski definition) is 4. The van der Waals surface area contributed by atoms with Gasteiger partial charge in [0.15, 0.2) is 0 Å². The largest absolute Gasteiger partial charge is 0.495 e. The Morgan fingerprint density at radius 3 is 2.76 bits per heavy atom. The van der Waals surface area contributed by atoms with E-state index in [1.165, 1.54) is 4.90 Å². The summed E-state index contributed by atoms with van der Waals surface area (Å²) < 4.78 is 6.10. The van der Waals surface area contributed by atoms with Crippen molar-refractivity contribution in [3.05, 3.63) is 27.7 Å². The first-order valence-corrected chi connectivity index (χ1v) is 7.32. The van der Waals surface area contributed by atoms with Crippen molar-refractivity contribution in [3.63, 3.8) is 0 Å². The topological polar surface area (TPSA) is 75.7 Å². The Labute approximate surface area is 129 Å². The summed E-state index contributed by atoms with van der Waals surface area (Å²) in [7, 11) is 1.54. The van der Waals surface area contributed by atoms with E-state index in [9.17, 15) is 14.4 Å². The summed E-state index contributed by atoms with van der Waals surface area (Å²) in [5, 5.41) is 2.28. The van der Waals surface area contributed by atoms with Gasteiger partial charge in [-0.05, 0) is 34.5 Å². The van der Waals surface area contributed by atoms with Gasteiger partial charge in [0, 0.05) is 17.5 Å². The molecule has 1 aromatic rings. The number of methoxy groups -OCH3 is 1. The first-order valence-electron chi connectivity index (χ1n) is 6.53. The molecule has 0 radical (unpaired) electrons. The van der Waals surface area contributed by atoms with Crippen molar-refractivity contribution >= 4 is 33.7 Å². The Balaban J connectivity index is 1.93. The predicted octanol–water partition coefficient (Wildman–Crippen LogP) is 1.22. The lowest BCUT2D eigenvalue weighted by Crippen LogP contribution is -2.52. The monoisotopic (exact) mass is 352 g/mol. The number of benzene rings is 1. The van der Waals surface area contributed by atoms with Crippen LogP contribution in [0, 0.1) is 0 Å². The molecule has 0 saturated carbocycles. The number of ether oxygens (including phenoxy) is 1. The van der Waals surface area contributed by atoms with E-state index >= 15 is 0 Å². The molecule has 21 heavy (non-hydrogen) atoms. The fourth-order valence-corrected chi connectivity index (χ4v) is 3.34. The van der Waals surface area contributed by atoms with Gasteiger partial charge in [0.25, 0.3) is 5.91 Å². The number of carbonyl (C=O) groups excluding carboxylic acids is 3. The normalized spacial score (nSPS) is 21.3. The smallest absolute Gasteiger partial charge is 0.255 e. The minimum Gasteiger partial charge on any atom is -0.495 e. The number of carbonyl (C=O) groups is 3. The second-order valence-corrected chi connectivity index (χ2v) is 5.86. The van der Waals surface area contributed by atoms with Crippen LogP contribution in [-0.2, 0) is 16.1 Å². The molecule has 7 heteroatoms. The van der Waals surface area contributed by atoms with Gasteiger partial charge in [-0.2, -0.15) is 0 Å². The molecule has 110 valence electrons. The molecule has 0 aliphatic carbocycles. The van der Waals surface area contributed by atoms with E-state index in [1.54, 1.807) is 19.2 Å². The van der Waals surface area contributed by atoms with E-state index in [0.717, 1.165) is 10.0 Å². The van der Waals surface area contributed by atoms with Crippen molar-refractivity contribution in [3.8, 4) is 5.75 Å². The summed E-state index contributed by atoms with van der Waals surface area (Å²) in [6.07, 6.45) is 0.602. The van der Waals surface area contributed by atoms with Gasteiger partial charge in [0.2, 0.25) is 11.8 Å². The van der Waals surface area contributed by atoms with Crippen LogP contribution < -0.4 is 10.1 Å². The van der Waals surface area contributed by atoms with Crippen LogP contribution in [0.15, 0.2) is 16.6 Å². The van der Waals surface area contributed by atoms with Crippen LogP contribution in [-0.4, -0.2) is 35.8 Å². The molecule has 0 bridgehead atoms. The van der Waals surface area contributed by atoms with Crippen molar-refractivity contribution in [2.45, 2.75) is 25.4 Å². The number of imide groups is 1. The Bertz CT molecular complexity index is 659. The molecule has 0 aromatic heterocycles. The highest BCUT2D eigenvalue weighted by atomic mass is 79.9. The van der Waals surface area contributed by atoms with Crippen LogP contribution in [0.1, 0.15) is 28.8 Å². The van der Waals surface area contributed by atoms with Crippen molar-refractivity contribution < 1.29 is 19.1 Å². The molecule has 2 aliphatic rings. The van der Waals surface area contributed by atoms with Gasteiger partial charge in [-0.1, -0.05) is 0 Å². The van der Waals surface area contributed by atoms with Crippen molar-refractivity contribution in [2.75, 3.05) is 7.11 Å². The van der Waals surface area contributed by atoms with E-state index in [0.29, 0.717) is 24.3 Å². The van der Waals surface area contributed by atoms with Crippen LogP contribution >= 0.6 is 15.9 Å². The lowest BCUT2D eigenvalue weighted by Gasteiger charge is -2.29. The number of amides is 3. The molecule has 1 unspecified atom stereocenters. The molecule has 6 nitrogen and oxygen atoms in total. The fraction of sp³-hybridized carbons (Fsp3) is 0.357. The van der Waals surface area contributed by atoms with Gasteiger partial charge in [-0.25, -0.2) is 0 Å². The summed E-state index contributed by atoms with van der Waals surface area (Å²) in [4.78, 5) is 37.2. The molecule has 2 aliphatic heterocycles. The third-order valence-corrected chi connectivity index (χ3v) is 4.45. The van der Waals surface area contributed by atoms with Gasteiger partial charge in [0.05, 0.1) is 18.1 Å². The van der Waals surface area contributed by atoms with Crippen LogP contribution in [0.25, 0.3) is 0 Å². The molecule has 0 spiro atoms. The fourth-order valence-electron chi connectivity index (χ4n) is 2.81. The number of fused-ring (bicyclic) bond motifs is 1. The maximum absolute atomic E-state index is 12.5. The number of halogens is 1. The predicted molar refractivity (Wildman–Crippen MR) is 76.7 cm³/mol. The highest BCUT2D eigenvalue weighted by molar-refractivity contribution is 9.10. The number of hydrogen-bond donors (Lipinski definition) is 1. The summed E-state index contributed by atoms with van der Waals surface area (Å²) >= 11 is 3.39. The zero-order chi connectivity index (χ0) is 15.1. The molecule has 1 fully saturated rings. The standard InChI is InChI=1S/C14H13BrN2O4/c1-21-12-8-6-17(10-4-5-11(18)16-13(10)19)14(20)7(8)2-3-9(12)15/h2-3,10H,4-6H2,1H3,(H,16,18,19). The molecule has 2 heterocycles. The maximum atomic E-state index is 12.5. The summed E-state index contributed by atoms with van der Waals surface area (Å²) in [5.41, 5.74) is 1.31. The molecular formula is C14H13BrN2O4. The van der Waals surface area contributed by atoms with Gasteiger partial charge in [0.1, 0.15) is 11.8 Å². The first kappa shape index (κ1) is 14.1. The Hall–Kier alpha value is -1.89. The summed E-state index contributed by atoms with van der Waals surface area (Å²) in [6.45, 7) is 0.309. The summed E-state index contributed by atoms with van der Waals surface area (Å²) in [6, 6.07) is 2.87. The highest BCUT2D eigenvalue weighted by Crippen LogP contribution is 2.38. The minimum atomic E-state index is -0.605. The minimum absolute atomic E-state index is 0.203. The summed E-state index contributed by atoms with van der Waals surface area (Å²) in [5.74, 6) is -0.299. The molecule has 1 atom stereocenters. The second-order valence-electron chi connectivity index (χ2n) is 5.01.